The highest BCUT2D eigenvalue weighted by Crippen LogP contribution is 2.12. The van der Waals surface area contributed by atoms with E-state index in [9.17, 15) is 4.79 Å². The van der Waals surface area contributed by atoms with E-state index >= 15 is 0 Å². The third-order valence-corrected chi connectivity index (χ3v) is 2.08. The van der Waals surface area contributed by atoms with Crippen LogP contribution in [0.2, 0.25) is 0 Å². The molecule has 0 fully saturated rings. The fourth-order valence-corrected chi connectivity index (χ4v) is 1.26. The normalized spacial score (nSPS) is 9.78. The van der Waals surface area contributed by atoms with Crippen molar-refractivity contribution in [3.05, 3.63) is 42.9 Å². The average molecular weight is 244 g/mol. The summed E-state index contributed by atoms with van der Waals surface area (Å²) in [6.45, 7) is -0.0967. The molecule has 0 saturated carbocycles. The van der Waals surface area contributed by atoms with Gasteiger partial charge < -0.3 is 15.8 Å². The van der Waals surface area contributed by atoms with Crippen molar-refractivity contribution in [2.24, 2.45) is 0 Å². The SMILES string of the molecule is Nc1ccc(OCC(=O)Nc2cnccn2)cc1. The molecule has 0 saturated heterocycles. The van der Waals surface area contributed by atoms with Gasteiger partial charge in [-0.1, -0.05) is 0 Å². The zero-order valence-corrected chi connectivity index (χ0v) is 9.54. The van der Waals surface area contributed by atoms with E-state index in [4.69, 9.17) is 10.5 Å². The van der Waals surface area contributed by atoms with Crippen LogP contribution in [0.3, 0.4) is 0 Å². The van der Waals surface area contributed by atoms with E-state index in [0.29, 0.717) is 17.3 Å². The number of amides is 1. The Labute approximate surface area is 104 Å². The molecule has 0 aliphatic rings. The molecular formula is C12H12N4O2. The van der Waals surface area contributed by atoms with Gasteiger partial charge in [-0.25, -0.2) is 4.98 Å². The number of nitrogens with one attached hydrogen (secondary N) is 1. The number of nitrogens with zero attached hydrogens (tertiary/aromatic N) is 2. The maximum Gasteiger partial charge on any atom is 0.263 e. The van der Waals surface area contributed by atoms with Crippen molar-refractivity contribution >= 4 is 17.4 Å². The summed E-state index contributed by atoms with van der Waals surface area (Å²) in [4.78, 5) is 19.3. The van der Waals surface area contributed by atoms with E-state index in [2.05, 4.69) is 15.3 Å². The summed E-state index contributed by atoms with van der Waals surface area (Å²) in [6.07, 6.45) is 4.48. The first-order valence-corrected chi connectivity index (χ1v) is 5.28. The van der Waals surface area contributed by atoms with Crippen LogP contribution in [-0.4, -0.2) is 22.5 Å². The van der Waals surface area contributed by atoms with Crippen LogP contribution in [0.25, 0.3) is 0 Å². The van der Waals surface area contributed by atoms with Crippen LogP contribution in [0.1, 0.15) is 0 Å². The molecule has 1 aromatic carbocycles. The number of aromatic nitrogens is 2. The molecule has 0 bridgehead atoms. The first kappa shape index (κ1) is 11.8. The van der Waals surface area contributed by atoms with Crippen molar-refractivity contribution < 1.29 is 9.53 Å². The maximum atomic E-state index is 11.5. The predicted octanol–water partition coefficient (Wildman–Crippen LogP) is 1.08. The van der Waals surface area contributed by atoms with E-state index in [1.54, 1.807) is 24.3 Å². The molecule has 0 atom stereocenters. The zero-order valence-electron chi connectivity index (χ0n) is 9.54. The molecule has 0 unspecified atom stereocenters. The number of carbonyl (C=O) groups excluding carboxylic acids is 1. The minimum atomic E-state index is -0.299. The van der Waals surface area contributed by atoms with Crippen LogP contribution in [0.15, 0.2) is 42.9 Å². The van der Waals surface area contributed by atoms with Crippen LogP contribution < -0.4 is 15.8 Å². The Bertz CT molecular complexity index is 513. The fraction of sp³-hybridized carbons (Fsp3) is 0.0833. The van der Waals surface area contributed by atoms with Crippen molar-refractivity contribution in [1.29, 1.82) is 0 Å². The Balaban J connectivity index is 1.83. The monoisotopic (exact) mass is 244 g/mol. The average Bonchev–Trinajstić information content (AvgIpc) is 2.39. The summed E-state index contributed by atoms with van der Waals surface area (Å²) >= 11 is 0. The van der Waals surface area contributed by atoms with Gasteiger partial charge in [-0.15, -0.1) is 0 Å². The Morgan fingerprint density at radius 2 is 2.06 bits per heavy atom. The Hall–Kier alpha value is -2.63. The van der Waals surface area contributed by atoms with E-state index < -0.39 is 0 Å². The van der Waals surface area contributed by atoms with Crippen molar-refractivity contribution in [3.63, 3.8) is 0 Å². The molecule has 0 aliphatic heterocycles. The second-order valence-electron chi connectivity index (χ2n) is 3.50. The molecule has 2 rings (SSSR count). The van der Waals surface area contributed by atoms with E-state index in [1.165, 1.54) is 18.6 Å². The van der Waals surface area contributed by atoms with Gasteiger partial charge in [0, 0.05) is 18.1 Å². The molecule has 2 aromatic rings. The molecule has 6 heteroatoms. The summed E-state index contributed by atoms with van der Waals surface area (Å²) in [5.74, 6) is 0.675. The lowest BCUT2D eigenvalue weighted by atomic mass is 10.3. The Kier molecular flexibility index (Phi) is 3.70. The molecular weight excluding hydrogens is 232 g/mol. The first-order valence-electron chi connectivity index (χ1n) is 5.28. The Morgan fingerprint density at radius 1 is 1.28 bits per heavy atom. The fourth-order valence-electron chi connectivity index (χ4n) is 1.26. The van der Waals surface area contributed by atoms with Gasteiger partial charge in [-0.3, -0.25) is 9.78 Å². The molecule has 1 aromatic heterocycles. The Morgan fingerprint density at radius 3 is 2.72 bits per heavy atom. The third kappa shape index (κ3) is 3.44. The molecule has 6 nitrogen and oxygen atoms in total. The van der Waals surface area contributed by atoms with Crippen LogP contribution in [0.4, 0.5) is 11.5 Å². The smallest absolute Gasteiger partial charge is 0.263 e. The lowest BCUT2D eigenvalue weighted by Gasteiger charge is -2.06. The minimum Gasteiger partial charge on any atom is -0.484 e. The molecule has 1 amide bonds. The van der Waals surface area contributed by atoms with Gasteiger partial charge >= 0.3 is 0 Å². The van der Waals surface area contributed by atoms with Crippen molar-refractivity contribution in [1.82, 2.24) is 9.97 Å². The van der Waals surface area contributed by atoms with Gasteiger partial charge in [-0.2, -0.15) is 0 Å². The van der Waals surface area contributed by atoms with Gasteiger partial charge in [0.05, 0.1) is 6.20 Å². The molecule has 92 valence electrons. The summed E-state index contributed by atoms with van der Waals surface area (Å²) in [6, 6.07) is 6.81. The van der Waals surface area contributed by atoms with E-state index in [-0.39, 0.29) is 12.5 Å². The lowest BCUT2D eigenvalue weighted by molar-refractivity contribution is -0.118. The molecule has 0 radical (unpaired) electrons. The molecule has 1 heterocycles. The molecule has 18 heavy (non-hydrogen) atoms. The summed E-state index contributed by atoms with van der Waals surface area (Å²) in [7, 11) is 0. The maximum absolute atomic E-state index is 11.5. The quantitative estimate of drug-likeness (QED) is 0.785. The number of carbonyl (C=O) groups is 1. The summed E-state index contributed by atoms with van der Waals surface area (Å²) in [5, 5.41) is 2.56. The number of ether oxygens (including phenoxy) is 1. The number of rotatable bonds is 4. The number of hydrogen-bond donors (Lipinski definition) is 2. The van der Waals surface area contributed by atoms with Gasteiger partial charge in [0.2, 0.25) is 0 Å². The zero-order chi connectivity index (χ0) is 12.8. The van der Waals surface area contributed by atoms with Crippen LogP contribution in [0.5, 0.6) is 5.75 Å². The number of anilines is 2. The molecule has 3 N–H and O–H groups in total. The summed E-state index contributed by atoms with van der Waals surface area (Å²) in [5.41, 5.74) is 6.18. The number of benzene rings is 1. The van der Waals surface area contributed by atoms with Crippen molar-refractivity contribution in [3.8, 4) is 5.75 Å². The van der Waals surface area contributed by atoms with Gasteiger partial charge in [0.1, 0.15) is 5.75 Å². The molecule has 0 spiro atoms. The second-order valence-corrected chi connectivity index (χ2v) is 3.50. The van der Waals surface area contributed by atoms with Crippen molar-refractivity contribution in [2.75, 3.05) is 17.7 Å². The van der Waals surface area contributed by atoms with Gasteiger partial charge in [0.25, 0.3) is 5.91 Å². The highest BCUT2D eigenvalue weighted by molar-refractivity contribution is 5.90. The number of nitrogens with two attached hydrogens (primary N) is 1. The highest BCUT2D eigenvalue weighted by Gasteiger charge is 2.04. The highest BCUT2D eigenvalue weighted by atomic mass is 16.5. The topological polar surface area (TPSA) is 90.1 Å². The van der Waals surface area contributed by atoms with Gasteiger partial charge in [0.15, 0.2) is 12.4 Å². The summed E-state index contributed by atoms with van der Waals surface area (Å²) < 4.78 is 5.28. The largest absolute Gasteiger partial charge is 0.484 e. The predicted molar refractivity (Wildman–Crippen MR) is 67.0 cm³/mol. The number of nitrogen functional groups attached to an aromatic ring is 1. The van der Waals surface area contributed by atoms with Crippen LogP contribution in [0, 0.1) is 0 Å². The second kappa shape index (κ2) is 5.62. The van der Waals surface area contributed by atoms with Crippen LogP contribution >= 0.6 is 0 Å². The van der Waals surface area contributed by atoms with E-state index in [0.717, 1.165) is 0 Å². The van der Waals surface area contributed by atoms with E-state index in [1.807, 2.05) is 0 Å². The molecule has 0 aliphatic carbocycles. The van der Waals surface area contributed by atoms with Crippen LogP contribution in [-0.2, 0) is 4.79 Å². The van der Waals surface area contributed by atoms with Crippen molar-refractivity contribution in [2.45, 2.75) is 0 Å². The lowest BCUT2D eigenvalue weighted by Crippen LogP contribution is -2.20. The number of hydrogen-bond acceptors (Lipinski definition) is 5. The van der Waals surface area contributed by atoms with Gasteiger partial charge in [-0.05, 0) is 24.3 Å². The first-order chi connectivity index (χ1) is 8.74. The third-order valence-electron chi connectivity index (χ3n) is 2.08. The standard InChI is InChI=1S/C12H12N4O2/c13-9-1-3-10(4-2-9)18-8-12(17)16-11-7-14-5-6-15-11/h1-7H,8,13H2,(H,15,16,17). The minimum absolute atomic E-state index is 0.0967.